The van der Waals surface area contributed by atoms with Crippen LogP contribution in [0.25, 0.3) is 0 Å². The second kappa shape index (κ2) is 85.6. The second-order valence-electron chi connectivity index (χ2n) is 12.5. The van der Waals surface area contributed by atoms with Gasteiger partial charge in [0.1, 0.15) is 0 Å². The summed E-state index contributed by atoms with van der Waals surface area (Å²) in [6.45, 7) is 64.3. The maximum Gasteiger partial charge on any atom is -0.0440 e. The molecule has 50 heavy (non-hydrogen) atoms. The fourth-order valence-electron chi connectivity index (χ4n) is 0. The quantitative estimate of drug-likeness (QED) is 0.221. The number of allylic oxidation sites excluding steroid dienone is 20. The minimum Gasteiger partial charge on any atom is -0.100 e. The maximum absolute atomic E-state index is 3.56. The van der Waals surface area contributed by atoms with Gasteiger partial charge in [0.05, 0.1) is 0 Å². The summed E-state index contributed by atoms with van der Waals surface area (Å²) in [5.74, 6) is 0. The lowest BCUT2D eigenvalue weighted by atomic mass is 10.2. The van der Waals surface area contributed by atoms with Gasteiger partial charge in [-0.2, -0.15) is 0 Å². The monoisotopic (exact) mass is 701 g/mol. The highest BCUT2D eigenvalue weighted by Crippen LogP contribution is 1.97. The van der Waals surface area contributed by atoms with Gasteiger partial charge in [-0.05, 0) is 194 Å². The lowest BCUT2D eigenvalue weighted by Gasteiger charge is -1.88. The van der Waals surface area contributed by atoms with E-state index in [2.05, 4.69) is 121 Å². The Balaban J connectivity index is -0.0000000373. The molecular weight excluding hydrogens is 601 g/mol. The predicted molar refractivity (Wildman–Crippen MR) is 253 cm³/mol. The summed E-state index contributed by atoms with van der Waals surface area (Å²) in [6.07, 6.45) is 24.3. The summed E-state index contributed by atoms with van der Waals surface area (Å²) in [5, 5.41) is 0. The topological polar surface area (TPSA) is 0 Å². The van der Waals surface area contributed by atoms with Gasteiger partial charge in [0, 0.05) is 0 Å². The van der Waals surface area contributed by atoms with E-state index < -0.39 is 0 Å². The summed E-state index contributed by atoms with van der Waals surface area (Å²) in [5.41, 5.74) is 10.7. The molecule has 0 aliphatic rings. The van der Waals surface area contributed by atoms with Crippen LogP contribution in [0.5, 0.6) is 0 Å². The Kier molecular flexibility index (Phi) is 132. The molecule has 0 aromatic rings. The predicted octanol–water partition coefficient (Wildman–Crippen LogP) is 19.7. The zero-order chi connectivity index (χ0) is 43.1. The third-order valence-electron chi connectivity index (χ3n) is 4.64. The molecule has 0 rings (SSSR count). The Labute approximate surface area is 323 Å². The van der Waals surface area contributed by atoms with Crippen LogP contribution in [0.3, 0.4) is 0 Å². The van der Waals surface area contributed by atoms with Crippen molar-refractivity contribution in [3.63, 3.8) is 0 Å². The lowest BCUT2D eigenvalue weighted by molar-refractivity contribution is 1.23. The third kappa shape index (κ3) is 509. The van der Waals surface area contributed by atoms with E-state index in [4.69, 9.17) is 0 Å². The van der Waals surface area contributed by atoms with Gasteiger partial charge < -0.3 is 0 Å². The van der Waals surface area contributed by atoms with Gasteiger partial charge in [-0.3, -0.25) is 0 Å². The summed E-state index contributed by atoms with van der Waals surface area (Å²) in [7, 11) is 0. The van der Waals surface area contributed by atoms with E-state index in [1.165, 1.54) is 44.6 Å². The van der Waals surface area contributed by atoms with E-state index in [0.717, 1.165) is 0 Å². The van der Waals surface area contributed by atoms with Crippen molar-refractivity contribution in [1.82, 2.24) is 0 Å². The van der Waals surface area contributed by atoms with Crippen LogP contribution < -0.4 is 0 Å². The Hall–Kier alpha value is -2.86. The van der Waals surface area contributed by atoms with Gasteiger partial charge in [0.25, 0.3) is 0 Å². The largest absolute Gasteiger partial charge is 0.100 e. The molecule has 0 unspecified atom stereocenters. The van der Waals surface area contributed by atoms with E-state index in [1.54, 1.807) is 0 Å². The Morgan fingerprint density at radius 1 is 0.240 bits per heavy atom. The Morgan fingerprint density at radius 2 is 0.300 bits per heavy atom. The van der Waals surface area contributed by atoms with Crippen molar-refractivity contribution in [3.8, 4) is 0 Å². The first kappa shape index (κ1) is 76.8. The zero-order valence-corrected chi connectivity index (χ0v) is 40.3. The number of rotatable bonds is 0. The minimum atomic E-state index is 1.17. The average Bonchev–Trinajstić information content (AvgIpc) is 3.05. The molecule has 0 saturated heterocycles. The summed E-state index contributed by atoms with van der Waals surface area (Å²) >= 11 is 0. The van der Waals surface area contributed by atoms with Crippen LogP contribution in [0.1, 0.15) is 194 Å². The molecule has 0 aromatic heterocycles. The van der Waals surface area contributed by atoms with Crippen molar-refractivity contribution in [1.29, 1.82) is 0 Å². The van der Waals surface area contributed by atoms with E-state index in [1.807, 2.05) is 159 Å². The van der Waals surface area contributed by atoms with Crippen molar-refractivity contribution in [2.45, 2.75) is 194 Å². The van der Waals surface area contributed by atoms with Crippen LogP contribution in [0.15, 0.2) is 131 Å². The van der Waals surface area contributed by atoms with Crippen LogP contribution in [-0.4, -0.2) is 0 Å². The molecule has 0 fully saturated rings. The molecule has 0 aromatic carbocycles. The highest BCUT2D eigenvalue weighted by Gasteiger charge is 1.75. The summed E-state index contributed by atoms with van der Waals surface area (Å²) in [4.78, 5) is 0. The lowest BCUT2D eigenvalue weighted by Crippen LogP contribution is -1.66. The third-order valence-corrected chi connectivity index (χ3v) is 4.64. The molecule has 0 amide bonds. The van der Waals surface area contributed by atoms with E-state index in [9.17, 15) is 0 Å². The maximum atomic E-state index is 3.56. The first-order valence-electron chi connectivity index (χ1n) is 18.4. The van der Waals surface area contributed by atoms with Crippen LogP contribution in [-0.2, 0) is 0 Å². The van der Waals surface area contributed by atoms with Gasteiger partial charge in [0.15, 0.2) is 0 Å². The smallest absolute Gasteiger partial charge is 0.0440 e. The van der Waals surface area contributed by atoms with E-state index in [0.29, 0.717) is 0 Å². The van der Waals surface area contributed by atoms with Crippen molar-refractivity contribution < 1.29 is 0 Å². The van der Waals surface area contributed by atoms with Gasteiger partial charge >= 0.3 is 0 Å². The molecule has 0 heteroatoms. The van der Waals surface area contributed by atoms with Crippen molar-refractivity contribution >= 4 is 0 Å². The SMILES string of the molecule is C/C=C/C.C/C=C/C.C/C=C\C.C/C=C\C.C=C(C)C.C=C(C)C.CC(C)=C(C)C.CC=C(C)C.CC=C(C)C.CC=C(C)C.CC=C(C)C. The normalized spacial score (nSPS) is 7.84. The second-order valence-corrected chi connectivity index (χ2v) is 12.5. The van der Waals surface area contributed by atoms with Crippen molar-refractivity contribution in [2.24, 2.45) is 0 Å². The van der Waals surface area contributed by atoms with E-state index >= 15 is 0 Å². The molecule has 300 valence electrons. The Morgan fingerprint density at radius 3 is 0.300 bits per heavy atom. The van der Waals surface area contributed by atoms with Gasteiger partial charge in [-0.15, -0.1) is 13.2 Å². The summed E-state index contributed by atoms with van der Waals surface area (Å²) in [6, 6.07) is 0. The number of hydrogen-bond donors (Lipinski definition) is 0. The first-order valence-corrected chi connectivity index (χ1v) is 18.4. The highest BCUT2D eigenvalue weighted by atomic mass is 13.8. The molecule has 0 radical (unpaired) electrons. The van der Waals surface area contributed by atoms with Crippen molar-refractivity contribution in [3.05, 3.63) is 131 Å². The van der Waals surface area contributed by atoms with Gasteiger partial charge in [0.2, 0.25) is 0 Å². The molecule has 0 aliphatic carbocycles. The molecule has 0 N–H and O–H groups in total. The van der Waals surface area contributed by atoms with Crippen LogP contribution >= 0.6 is 0 Å². The van der Waals surface area contributed by atoms with Crippen LogP contribution in [0, 0.1) is 0 Å². The molecule has 0 bridgehead atoms. The first-order chi connectivity index (χ1) is 22.8. The van der Waals surface area contributed by atoms with Gasteiger partial charge in [-0.25, -0.2) is 0 Å². The standard InChI is InChI=1S/C6H12.4C5H10.6C4H8/c1-5(2)6(3)4;4*1-4-5(2)3;2*1-4(2)3;4*1-3-4-2/h1-4H3;4*4H,1-3H3;2*1H2,2-3H3;4*3-4H,1-2H3/b;;;;;;;2*4-3+;2*4-3-. The molecule has 0 nitrogen and oxygen atoms in total. The molecule has 0 heterocycles. The average molecular weight is 701 g/mol. The number of hydrogen-bond acceptors (Lipinski definition) is 0. The van der Waals surface area contributed by atoms with Crippen LogP contribution in [0.4, 0.5) is 0 Å². The molecule has 0 spiro atoms. The van der Waals surface area contributed by atoms with Crippen molar-refractivity contribution in [2.75, 3.05) is 0 Å². The minimum absolute atomic E-state index is 1.17. The van der Waals surface area contributed by atoms with E-state index in [-0.39, 0.29) is 0 Å². The summed E-state index contributed by atoms with van der Waals surface area (Å²) < 4.78 is 0. The van der Waals surface area contributed by atoms with Gasteiger partial charge in [-0.1, -0.05) is 117 Å². The Bertz CT molecular complexity index is 704. The fraction of sp³-hybridized carbons (Fsp3) is 0.560. The molecule has 0 aliphatic heterocycles. The molecular formula is C50H100. The zero-order valence-electron chi connectivity index (χ0n) is 40.3. The fourth-order valence-corrected chi connectivity index (χ4v) is 0. The molecule has 0 atom stereocenters. The molecule has 0 saturated carbocycles. The highest BCUT2D eigenvalue weighted by molar-refractivity contribution is 5.02. The van der Waals surface area contributed by atoms with Crippen LogP contribution in [0.2, 0.25) is 0 Å².